The lowest BCUT2D eigenvalue weighted by atomic mass is 9.93. The van der Waals surface area contributed by atoms with Gasteiger partial charge in [0, 0.05) is 5.41 Å². The van der Waals surface area contributed by atoms with Crippen LogP contribution in [-0.4, -0.2) is 8.42 Å². The molecule has 2 N–H and O–H groups in total. The van der Waals surface area contributed by atoms with Gasteiger partial charge in [0.2, 0.25) is 10.0 Å². The van der Waals surface area contributed by atoms with Crippen LogP contribution < -0.4 is 5.14 Å². The van der Waals surface area contributed by atoms with E-state index in [4.69, 9.17) is 5.14 Å². The minimum Gasteiger partial charge on any atom is -0.225 e. The fraction of sp³-hybridized carbons (Fsp3) is 0.333. The van der Waals surface area contributed by atoms with Crippen LogP contribution in [-0.2, 0) is 10.0 Å². The summed E-state index contributed by atoms with van der Waals surface area (Å²) in [6.07, 6.45) is 4.38. The number of allylic oxidation sites excluding steroid dienone is 3. The zero-order valence-electron chi connectivity index (χ0n) is 7.95. The molecule has 0 atom stereocenters. The maximum Gasteiger partial charge on any atom is 0.237 e. The van der Waals surface area contributed by atoms with E-state index in [-0.39, 0.29) is 4.91 Å². The fourth-order valence-corrected chi connectivity index (χ4v) is 1.38. The molecule has 0 aliphatic heterocycles. The van der Waals surface area contributed by atoms with Gasteiger partial charge in [-0.3, -0.25) is 0 Å². The van der Waals surface area contributed by atoms with E-state index in [2.05, 4.69) is 13.2 Å². The molecule has 0 bridgehead atoms. The van der Waals surface area contributed by atoms with Gasteiger partial charge in [0.1, 0.15) is 0 Å². The maximum atomic E-state index is 11.0. The second kappa shape index (κ2) is 3.89. The topological polar surface area (TPSA) is 60.2 Å². The molecule has 0 heterocycles. The number of nitrogens with two attached hydrogens (primary N) is 1. The van der Waals surface area contributed by atoms with Gasteiger partial charge in [-0.25, -0.2) is 13.6 Å². The molecule has 74 valence electrons. The smallest absolute Gasteiger partial charge is 0.225 e. The van der Waals surface area contributed by atoms with E-state index in [9.17, 15) is 8.42 Å². The summed E-state index contributed by atoms with van der Waals surface area (Å²) in [4.78, 5) is 0.0254. The lowest BCUT2D eigenvalue weighted by Crippen LogP contribution is -2.16. The van der Waals surface area contributed by atoms with Crippen LogP contribution in [0.1, 0.15) is 13.8 Å². The van der Waals surface area contributed by atoms with Gasteiger partial charge in [-0.15, -0.1) is 6.58 Å². The monoisotopic (exact) mass is 201 g/mol. The maximum absolute atomic E-state index is 11.0. The summed E-state index contributed by atoms with van der Waals surface area (Å²) in [7, 11) is -3.66. The standard InChI is InChI=1S/C9H15NO2S/c1-5-8(13(10,11)12)7-9(3,4)6-2/h5-7H,1-2H2,3-4H3,(H2,10,11,12). The molecule has 0 radical (unpaired) electrons. The Morgan fingerprint density at radius 3 is 2.08 bits per heavy atom. The summed E-state index contributed by atoms with van der Waals surface area (Å²) in [5.41, 5.74) is -0.407. The van der Waals surface area contributed by atoms with Crippen LogP contribution in [0.5, 0.6) is 0 Å². The normalized spacial score (nSPS) is 13.9. The van der Waals surface area contributed by atoms with Gasteiger partial charge < -0.3 is 0 Å². The summed E-state index contributed by atoms with van der Waals surface area (Å²) in [6.45, 7) is 10.6. The Labute approximate surface area is 79.7 Å². The van der Waals surface area contributed by atoms with Crippen LogP contribution in [0, 0.1) is 5.41 Å². The molecule has 0 amide bonds. The third kappa shape index (κ3) is 4.05. The lowest BCUT2D eigenvalue weighted by Gasteiger charge is -2.14. The Balaban J connectivity index is 5.24. The van der Waals surface area contributed by atoms with E-state index in [0.717, 1.165) is 0 Å². The van der Waals surface area contributed by atoms with Crippen molar-refractivity contribution >= 4 is 10.0 Å². The Morgan fingerprint density at radius 2 is 1.85 bits per heavy atom. The highest BCUT2D eigenvalue weighted by Crippen LogP contribution is 2.21. The first-order valence-corrected chi connectivity index (χ1v) is 5.29. The highest BCUT2D eigenvalue weighted by atomic mass is 32.2. The first-order chi connectivity index (χ1) is 5.73. The van der Waals surface area contributed by atoms with Gasteiger partial charge in [0.15, 0.2) is 0 Å². The molecular weight excluding hydrogens is 186 g/mol. The summed E-state index contributed by atoms with van der Waals surface area (Å²) in [6, 6.07) is 0. The third-order valence-electron chi connectivity index (χ3n) is 1.57. The number of hydrogen-bond donors (Lipinski definition) is 1. The molecule has 0 unspecified atom stereocenters. The highest BCUT2D eigenvalue weighted by Gasteiger charge is 2.15. The molecule has 0 aliphatic rings. The van der Waals surface area contributed by atoms with Crippen molar-refractivity contribution in [3.63, 3.8) is 0 Å². The van der Waals surface area contributed by atoms with Crippen LogP contribution in [0.2, 0.25) is 0 Å². The van der Waals surface area contributed by atoms with Crippen molar-refractivity contribution < 1.29 is 8.42 Å². The summed E-state index contributed by atoms with van der Waals surface area (Å²) in [5, 5.41) is 4.95. The molecule has 0 aliphatic carbocycles. The Morgan fingerprint density at radius 1 is 1.38 bits per heavy atom. The molecule has 0 saturated heterocycles. The van der Waals surface area contributed by atoms with Gasteiger partial charge in [0.05, 0.1) is 4.91 Å². The molecule has 0 aromatic heterocycles. The number of hydrogen-bond acceptors (Lipinski definition) is 2. The molecule has 4 heteroatoms. The molecule has 0 aromatic rings. The minimum absolute atomic E-state index is 0.0254. The molecule has 0 saturated carbocycles. The van der Waals surface area contributed by atoms with Crippen molar-refractivity contribution in [1.82, 2.24) is 0 Å². The zero-order chi connectivity index (χ0) is 10.7. The van der Waals surface area contributed by atoms with Crippen LogP contribution >= 0.6 is 0 Å². The highest BCUT2D eigenvalue weighted by molar-refractivity contribution is 7.93. The summed E-state index contributed by atoms with van der Waals surface area (Å²) in [5.74, 6) is 0. The van der Waals surface area contributed by atoms with Gasteiger partial charge in [-0.2, -0.15) is 0 Å². The Hall–Kier alpha value is -0.870. The Bertz CT molecular complexity index is 337. The molecule has 0 spiro atoms. The van der Waals surface area contributed by atoms with Gasteiger partial charge in [0.25, 0.3) is 0 Å². The van der Waals surface area contributed by atoms with Gasteiger partial charge in [-0.05, 0) is 6.08 Å². The van der Waals surface area contributed by atoms with Crippen LogP contribution in [0.4, 0.5) is 0 Å². The SMILES string of the molecule is C=CC(=CC(C)(C)C=C)S(N)(=O)=O. The minimum atomic E-state index is -3.66. The average molecular weight is 201 g/mol. The number of sulfonamides is 1. The second-order valence-corrected chi connectivity index (χ2v) is 4.88. The first-order valence-electron chi connectivity index (χ1n) is 3.74. The molecule has 0 rings (SSSR count). The fourth-order valence-electron chi connectivity index (χ4n) is 0.683. The van der Waals surface area contributed by atoms with Gasteiger partial charge >= 0.3 is 0 Å². The summed E-state index contributed by atoms with van der Waals surface area (Å²) < 4.78 is 21.9. The third-order valence-corrected chi connectivity index (χ3v) is 2.51. The molecular formula is C9H15NO2S. The largest absolute Gasteiger partial charge is 0.237 e. The first kappa shape index (κ1) is 12.1. The van der Waals surface area contributed by atoms with Crippen molar-refractivity contribution in [2.45, 2.75) is 13.8 Å². The lowest BCUT2D eigenvalue weighted by molar-refractivity contribution is 0.598. The van der Waals surface area contributed by atoms with Crippen LogP contribution in [0.15, 0.2) is 36.3 Å². The van der Waals surface area contributed by atoms with E-state index in [1.54, 1.807) is 6.08 Å². The van der Waals surface area contributed by atoms with Crippen molar-refractivity contribution in [3.8, 4) is 0 Å². The van der Waals surface area contributed by atoms with Crippen LogP contribution in [0.3, 0.4) is 0 Å². The van der Waals surface area contributed by atoms with E-state index in [1.807, 2.05) is 13.8 Å². The predicted octanol–water partition coefficient (Wildman–Crippen LogP) is 1.56. The summed E-state index contributed by atoms with van der Waals surface area (Å²) >= 11 is 0. The molecule has 13 heavy (non-hydrogen) atoms. The number of rotatable bonds is 4. The van der Waals surface area contributed by atoms with E-state index < -0.39 is 15.4 Å². The van der Waals surface area contributed by atoms with Crippen molar-refractivity contribution in [2.75, 3.05) is 0 Å². The zero-order valence-corrected chi connectivity index (χ0v) is 8.76. The molecule has 0 aromatic carbocycles. The molecule has 0 fully saturated rings. The number of primary sulfonamides is 1. The second-order valence-electron chi connectivity index (χ2n) is 3.32. The molecule has 3 nitrogen and oxygen atoms in total. The quantitative estimate of drug-likeness (QED) is 0.554. The van der Waals surface area contributed by atoms with Crippen molar-refractivity contribution in [3.05, 3.63) is 36.3 Å². The van der Waals surface area contributed by atoms with E-state index in [0.29, 0.717) is 0 Å². The van der Waals surface area contributed by atoms with Crippen molar-refractivity contribution in [2.24, 2.45) is 10.6 Å². The van der Waals surface area contributed by atoms with E-state index in [1.165, 1.54) is 12.2 Å². The average Bonchev–Trinajstić information content (AvgIpc) is 1.98. The van der Waals surface area contributed by atoms with E-state index >= 15 is 0 Å². The predicted molar refractivity (Wildman–Crippen MR) is 55.4 cm³/mol. The van der Waals surface area contributed by atoms with Crippen LogP contribution in [0.25, 0.3) is 0 Å². The Kier molecular flexibility index (Phi) is 3.63. The van der Waals surface area contributed by atoms with Gasteiger partial charge in [-0.1, -0.05) is 32.6 Å². The van der Waals surface area contributed by atoms with Crippen molar-refractivity contribution in [1.29, 1.82) is 0 Å².